The van der Waals surface area contributed by atoms with Crippen LogP contribution in [0.2, 0.25) is 0 Å². The van der Waals surface area contributed by atoms with E-state index in [2.05, 4.69) is 26.2 Å². The molecule has 1 N–H and O–H groups in total. The Morgan fingerprint density at radius 1 is 1.31 bits per heavy atom. The number of hydrogen-bond donors (Lipinski definition) is 1. The molecule has 1 aromatic rings. The van der Waals surface area contributed by atoms with Gasteiger partial charge in [0.15, 0.2) is 11.5 Å². The molecule has 5 heteroatoms. The summed E-state index contributed by atoms with van der Waals surface area (Å²) in [6, 6.07) is 7.22. The molecule has 84 valence electrons. The second kappa shape index (κ2) is 5.55. The third-order valence-corrected chi connectivity index (χ3v) is 2.46. The van der Waals surface area contributed by atoms with Gasteiger partial charge in [-0.25, -0.2) is 0 Å². The van der Waals surface area contributed by atoms with Crippen LogP contribution in [0.25, 0.3) is 0 Å². The zero-order chi connectivity index (χ0) is 12.1. The first-order chi connectivity index (χ1) is 7.52. The molecule has 0 atom stereocenters. The molecule has 1 aromatic carbocycles. The summed E-state index contributed by atoms with van der Waals surface area (Å²) < 4.78 is 0.775. The van der Waals surface area contributed by atoms with Gasteiger partial charge in [-0.1, -0.05) is 12.1 Å². The summed E-state index contributed by atoms with van der Waals surface area (Å²) >= 11 is 3.30. The highest BCUT2D eigenvalue weighted by Crippen LogP contribution is 2.25. The lowest BCUT2D eigenvalue weighted by Crippen LogP contribution is -1.96. The van der Waals surface area contributed by atoms with Crippen molar-refractivity contribution in [1.29, 1.82) is 0 Å². The van der Waals surface area contributed by atoms with Crippen LogP contribution in [-0.2, 0) is 4.79 Å². The molecule has 0 radical (unpaired) electrons. The first kappa shape index (κ1) is 12.6. The summed E-state index contributed by atoms with van der Waals surface area (Å²) in [6.07, 6.45) is 0. The molecular formula is C11H11BrN2O2. The maximum Gasteiger partial charge on any atom is 0.183 e. The van der Waals surface area contributed by atoms with E-state index < -0.39 is 0 Å². The van der Waals surface area contributed by atoms with Gasteiger partial charge in [-0.15, -0.1) is 10.2 Å². The Balaban J connectivity index is 3.02. The Morgan fingerprint density at radius 3 is 2.44 bits per heavy atom. The number of carbonyl (C=O) groups is 1. The Bertz CT molecular complexity index is 463. The Hall–Kier alpha value is -1.49. The highest BCUT2D eigenvalue weighted by molar-refractivity contribution is 9.10. The molecule has 0 saturated carbocycles. The van der Waals surface area contributed by atoms with Crippen molar-refractivity contribution in [1.82, 2.24) is 0 Å². The van der Waals surface area contributed by atoms with Crippen LogP contribution in [0, 0.1) is 0 Å². The second-order valence-electron chi connectivity index (χ2n) is 3.14. The van der Waals surface area contributed by atoms with Crippen molar-refractivity contribution < 1.29 is 9.90 Å². The number of hydrogen-bond acceptors (Lipinski definition) is 4. The molecular weight excluding hydrogens is 272 g/mol. The van der Waals surface area contributed by atoms with Gasteiger partial charge in [-0.3, -0.25) is 4.79 Å². The molecule has 0 aromatic heterocycles. The number of rotatable bonds is 3. The van der Waals surface area contributed by atoms with Crippen molar-refractivity contribution in [2.45, 2.75) is 13.8 Å². The first-order valence-corrected chi connectivity index (χ1v) is 5.38. The molecule has 0 spiro atoms. The fourth-order valence-electron chi connectivity index (χ4n) is 1.03. The molecule has 0 aliphatic heterocycles. The summed E-state index contributed by atoms with van der Waals surface area (Å²) in [4.78, 5) is 11.1. The summed E-state index contributed by atoms with van der Waals surface area (Å²) in [5, 5.41) is 16.8. The maximum absolute atomic E-state index is 11.1. The summed E-state index contributed by atoms with van der Waals surface area (Å²) in [7, 11) is 0. The van der Waals surface area contributed by atoms with E-state index in [4.69, 9.17) is 0 Å². The predicted octanol–water partition coefficient (Wildman–Crippen LogP) is 3.91. The number of ketones is 1. The molecule has 1 rings (SSSR count). The third-order valence-electron chi connectivity index (χ3n) is 1.79. The number of carbonyl (C=O) groups excluding carboxylic acids is 1. The normalized spacial score (nSPS) is 12.7. The van der Waals surface area contributed by atoms with Crippen LogP contribution in [0.4, 0.5) is 5.69 Å². The largest absolute Gasteiger partial charge is 0.510 e. The highest BCUT2D eigenvalue weighted by atomic mass is 79.9. The van der Waals surface area contributed by atoms with Crippen molar-refractivity contribution in [3.63, 3.8) is 0 Å². The van der Waals surface area contributed by atoms with Crippen molar-refractivity contribution in [3.05, 3.63) is 40.2 Å². The Kier molecular flexibility index (Phi) is 4.37. The SMILES string of the molecule is CC(=O)C(N=Nc1ccccc1Br)=C(C)O. The van der Waals surface area contributed by atoms with E-state index in [0.717, 1.165) is 4.47 Å². The van der Waals surface area contributed by atoms with E-state index in [9.17, 15) is 9.90 Å². The topological polar surface area (TPSA) is 62.0 Å². The number of allylic oxidation sites excluding steroid dienone is 2. The number of benzene rings is 1. The summed E-state index contributed by atoms with van der Waals surface area (Å²) in [6.45, 7) is 2.73. The van der Waals surface area contributed by atoms with Crippen LogP contribution in [-0.4, -0.2) is 10.9 Å². The minimum atomic E-state index is -0.323. The molecule has 16 heavy (non-hydrogen) atoms. The zero-order valence-corrected chi connectivity index (χ0v) is 10.5. The van der Waals surface area contributed by atoms with Crippen LogP contribution in [0.3, 0.4) is 0 Å². The van der Waals surface area contributed by atoms with Gasteiger partial charge in [0.2, 0.25) is 0 Å². The van der Waals surface area contributed by atoms with Gasteiger partial charge in [0, 0.05) is 11.4 Å². The van der Waals surface area contributed by atoms with Crippen LogP contribution in [0.5, 0.6) is 0 Å². The van der Waals surface area contributed by atoms with Crippen LogP contribution in [0.15, 0.2) is 50.4 Å². The average molecular weight is 283 g/mol. The lowest BCUT2D eigenvalue weighted by molar-refractivity contribution is -0.113. The lowest BCUT2D eigenvalue weighted by Gasteiger charge is -1.98. The number of nitrogens with zero attached hydrogens (tertiary/aromatic N) is 2. The first-order valence-electron chi connectivity index (χ1n) is 4.59. The third kappa shape index (κ3) is 3.27. The number of Topliss-reactive ketones (excluding diaryl/α,β-unsaturated/α-hetero) is 1. The molecule has 0 aliphatic carbocycles. The van der Waals surface area contributed by atoms with Gasteiger partial charge in [0.1, 0.15) is 5.76 Å². The van der Waals surface area contributed by atoms with E-state index >= 15 is 0 Å². The van der Waals surface area contributed by atoms with Crippen LogP contribution in [0.1, 0.15) is 13.8 Å². The minimum absolute atomic E-state index is 0.0317. The second-order valence-corrected chi connectivity index (χ2v) is 4.00. The smallest absolute Gasteiger partial charge is 0.183 e. The number of azo groups is 1. The van der Waals surface area contributed by atoms with Gasteiger partial charge in [0.25, 0.3) is 0 Å². The van der Waals surface area contributed by atoms with E-state index in [-0.39, 0.29) is 17.2 Å². The monoisotopic (exact) mass is 282 g/mol. The molecule has 0 saturated heterocycles. The minimum Gasteiger partial charge on any atom is -0.510 e. The van der Waals surface area contributed by atoms with E-state index in [0.29, 0.717) is 5.69 Å². The molecule has 0 bridgehead atoms. The quantitative estimate of drug-likeness (QED) is 0.519. The molecule has 0 aliphatic rings. The van der Waals surface area contributed by atoms with Crippen molar-refractivity contribution >= 4 is 27.4 Å². The van der Waals surface area contributed by atoms with E-state index in [1.807, 2.05) is 18.2 Å². The van der Waals surface area contributed by atoms with Crippen molar-refractivity contribution in [2.75, 3.05) is 0 Å². The summed E-state index contributed by atoms with van der Waals surface area (Å²) in [5.74, 6) is -0.459. The zero-order valence-electron chi connectivity index (χ0n) is 8.94. The molecule has 0 amide bonds. The van der Waals surface area contributed by atoms with E-state index in [1.54, 1.807) is 6.07 Å². The van der Waals surface area contributed by atoms with Gasteiger partial charge in [0.05, 0.1) is 5.69 Å². The van der Waals surface area contributed by atoms with Gasteiger partial charge < -0.3 is 5.11 Å². The predicted molar refractivity (Wildman–Crippen MR) is 64.7 cm³/mol. The Morgan fingerprint density at radius 2 is 1.94 bits per heavy atom. The fraction of sp³-hybridized carbons (Fsp3) is 0.182. The van der Waals surface area contributed by atoms with Gasteiger partial charge in [-0.05, 0) is 35.0 Å². The van der Waals surface area contributed by atoms with Crippen LogP contribution >= 0.6 is 15.9 Å². The fourth-order valence-corrected chi connectivity index (χ4v) is 1.40. The molecule has 4 nitrogen and oxygen atoms in total. The highest BCUT2D eigenvalue weighted by Gasteiger charge is 2.06. The van der Waals surface area contributed by atoms with Gasteiger partial charge >= 0.3 is 0 Å². The van der Waals surface area contributed by atoms with Crippen molar-refractivity contribution in [3.8, 4) is 0 Å². The van der Waals surface area contributed by atoms with Gasteiger partial charge in [-0.2, -0.15) is 0 Å². The number of aliphatic hydroxyl groups excluding tert-OH is 1. The average Bonchev–Trinajstić information content (AvgIpc) is 2.20. The maximum atomic E-state index is 11.1. The molecule has 0 unspecified atom stereocenters. The molecule has 0 heterocycles. The van der Waals surface area contributed by atoms with E-state index in [1.165, 1.54) is 13.8 Å². The lowest BCUT2D eigenvalue weighted by atomic mass is 10.3. The summed E-state index contributed by atoms with van der Waals surface area (Å²) in [5.41, 5.74) is 0.568. The van der Waals surface area contributed by atoms with Crippen LogP contribution < -0.4 is 0 Å². The standard InChI is InChI=1S/C11H11BrN2O2/c1-7(15)11(8(2)16)14-13-10-6-4-3-5-9(10)12/h3-6,15H,1-2H3. The Labute approximate surface area is 102 Å². The van der Waals surface area contributed by atoms with Crippen molar-refractivity contribution in [2.24, 2.45) is 10.2 Å². The number of halogens is 1. The number of aliphatic hydroxyl groups is 1. The molecule has 0 fully saturated rings.